The number of para-hydroxylation sites is 1. The van der Waals surface area contributed by atoms with Gasteiger partial charge in [-0.1, -0.05) is 31.5 Å². The van der Waals surface area contributed by atoms with Crippen LogP contribution in [0.5, 0.6) is 5.75 Å². The molecule has 94 valence electrons. The molecule has 2 atom stereocenters. The summed E-state index contributed by atoms with van der Waals surface area (Å²) in [6.45, 7) is 3.47. The molecule has 0 amide bonds. The highest BCUT2D eigenvalue weighted by Gasteiger charge is 2.21. The van der Waals surface area contributed by atoms with Crippen LogP contribution in [-0.2, 0) is 6.42 Å². The topological polar surface area (TPSA) is 21.3 Å². The SMILES string of the molecule is CCC1CCNC(Cc2ccccc2OC)C1. The van der Waals surface area contributed by atoms with Crippen molar-refractivity contribution in [2.24, 2.45) is 5.92 Å². The molecule has 0 aromatic heterocycles. The Morgan fingerprint density at radius 1 is 1.35 bits per heavy atom. The van der Waals surface area contributed by atoms with Gasteiger partial charge in [-0.05, 0) is 43.4 Å². The first-order valence-electron chi connectivity index (χ1n) is 6.68. The normalized spacial score (nSPS) is 24.6. The number of nitrogens with one attached hydrogen (secondary N) is 1. The van der Waals surface area contributed by atoms with Crippen LogP contribution in [-0.4, -0.2) is 19.7 Å². The maximum atomic E-state index is 5.41. The van der Waals surface area contributed by atoms with Crippen molar-refractivity contribution in [2.45, 2.75) is 38.6 Å². The lowest BCUT2D eigenvalue weighted by atomic mass is 9.87. The lowest BCUT2D eigenvalue weighted by molar-refractivity contribution is 0.292. The van der Waals surface area contributed by atoms with Crippen molar-refractivity contribution in [3.05, 3.63) is 29.8 Å². The highest BCUT2D eigenvalue weighted by molar-refractivity contribution is 5.33. The van der Waals surface area contributed by atoms with Crippen molar-refractivity contribution in [1.82, 2.24) is 5.32 Å². The van der Waals surface area contributed by atoms with Gasteiger partial charge in [0, 0.05) is 6.04 Å². The molecule has 1 fully saturated rings. The molecule has 0 bridgehead atoms. The lowest BCUT2D eigenvalue weighted by Crippen LogP contribution is -2.39. The van der Waals surface area contributed by atoms with E-state index in [-0.39, 0.29) is 0 Å². The van der Waals surface area contributed by atoms with E-state index in [9.17, 15) is 0 Å². The standard InChI is InChI=1S/C15H23NO/c1-3-12-8-9-16-14(10-12)11-13-6-4-5-7-15(13)17-2/h4-7,12,14,16H,3,8-11H2,1-2H3. The predicted molar refractivity (Wildman–Crippen MR) is 71.5 cm³/mol. The van der Waals surface area contributed by atoms with Gasteiger partial charge in [-0.25, -0.2) is 0 Å². The monoisotopic (exact) mass is 233 g/mol. The van der Waals surface area contributed by atoms with Crippen LogP contribution in [0.1, 0.15) is 31.7 Å². The van der Waals surface area contributed by atoms with E-state index < -0.39 is 0 Å². The number of hydrogen-bond acceptors (Lipinski definition) is 2. The first-order chi connectivity index (χ1) is 8.33. The molecule has 1 aliphatic rings. The van der Waals surface area contributed by atoms with E-state index in [1.807, 2.05) is 6.07 Å². The Balaban J connectivity index is 2.00. The molecular weight excluding hydrogens is 210 g/mol. The zero-order chi connectivity index (χ0) is 12.1. The number of methoxy groups -OCH3 is 1. The van der Waals surface area contributed by atoms with E-state index in [1.54, 1.807) is 7.11 Å². The Kier molecular flexibility index (Phi) is 4.43. The fraction of sp³-hybridized carbons (Fsp3) is 0.600. The Morgan fingerprint density at radius 3 is 2.94 bits per heavy atom. The molecule has 0 spiro atoms. The van der Waals surface area contributed by atoms with Gasteiger partial charge in [-0.15, -0.1) is 0 Å². The third kappa shape index (κ3) is 3.22. The molecule has 0 saturated carbocycles. The zero-order valence-electron chi connectivity index (χ0n) is 10.9. The zero-order valence-corrected chi connectivity index (χ0v) is 10.9. The van der Waals surface area contributed by atoms with Crippen molar-refractivity contribution >= 4 is 0 Å². The summed E-state index contributed by atoms with van der Waals surface area (Å²) in [6, 6.07) is 8.97. The van der Waals surface area contributed by atoms with Crippen LogP contribution < -0.4 is 10.1 Å². The number of rotatable bonds is 4. The van der Waals surface area contributed by atoms with E-state index in [4.69, 9.17) is 4.74 Å². The van der Waals surface area contributed by atoms with Crippen molar-refractivity contribution in [1.29, 1.82) is 0 Å². The largest absolute Gasteiger partial charge is 0.496 e. The van der Waals surface area contributed by atoms with Gasteiger partial charge in [0.05, 0.1) is 7.11 Å². The average Bonchev–Trinajstić information content (AvgIpc) is 2.39. The third-order valence-electron chi connectivity index (χ3n) is 3.84. The van der Waals surface area contributed by atoms with Gasteiger partial charge in [0.25, 0.3) is 0 Å². The van der Waals surface area contributed by atoms with Gasteiger partial charge in [0.2, 0.25) is 0 Å². The smallest absolute Gasteiger partial charge is 0.122 e. The van der Waals surface area contributed by atoms with Crippen LogP contribution in [0.3, 0.4) is 0 Å². The predicted octanol–water partition coefficient (Wildman–Crippen LogP) is 3.02. The Labute approximate surface area is 104 Å². The van der Waals surface area contributed by atoms with Crippen LogP contribution in [0.4, 0.5) is 0 Å². The molecule has 2 unspecified atom stereocenters. The van der Waals surface area contributed by atoms with E-state index in [0.717, 1.165) is 18.1 Å². The summed E-state index contributed by atoms with van der Waals surface area (Å²) in [5.41, 5.74) is 1.32. The van der Waals surface area contributed by atoms with E-state index in [0.29, 0.717) is 6.04 Å². The fourth-order valence-corrected chi connectivity index (χ4v) is 2.76. The molecule has 0 radical (unpaired) electrons. The summed E-state index contributed by atoms with van der Waals surface area (Å²) in [7, 11) is 1.75. The van der Waals surface area contributed by atoms with Crippen LogP contribution in [0, 0.1) is 5.92 Å². The quantitative estimate of drug-likeness (QED) is 0.863. The molecule has 1 aromatic rings. The molecule has 1 N–H and O–H groups in total. The van der Waals surface area contributed by atoms with Crippen LogP contribution >= 0.6 is 0 Å². The molecule has 2 heteroatoms. The number of benzene rings is 1. The van der Waals surface area contributed by atoms with E-state index >= 15 is 0 Å². The maximum absolute atomic E-state index is 5.41. The van der Waals surface area contributed by atoms with Gasteiger partial charge in [0.15, 0.2) is 0 Å². The maximum Gasteiger partial charge on any atom is 0.122 e. The minimum Gasteiger partial charge on any atom is -0.496 e. The average molecular weight is 233 g/mol. The molecule has 1 aromatic carbocycles. The van der Waals surface area contributed by atoms with Gasteiger partial charge in [-0.2, -0.15) is 0 Å². The van der Waals surface area contributed by atoms with Crippen molar-refractivity contribution < 1.29 is 4.74 Å². The number of piperidine rings is 1. The molecule has 1 heterocycles. The minimum absolute atomic E-state index is 0.616. The molecular formula is C15H23NO. The first-order valence-corrected chi connectivity index (χ1v) is 6.68. The second-order valence-corrected chi connectivity index (χ2v) is 4.97. The molecule has 17 heavy (non-hydrogen) atoms. The Hall–Kier alpha value is -1.02. The summed E-state index contributed by atoms with van der Waals surface area (Å²) in [4.78, 5) is 0. The minimum atomic E-state index is 0.616. The van der Waals surface area contributed by atoms with Crippen molar-refractivity contribution in [3.8, 4) is 5.75 Å². The Bertz CT molecular complexity index is 351. The summed E-state index contributed by atoms with van der Waals surface area (Å²) in [5.74, 6) is 1.92. The molecule has 2 rings (SSSR count). The number of ether oxygens (including phenoxy) is 1. The molecule has 1 saturated heterocycles. The van der Waals surface area contributed by atoms with Gasteiger partial charge < -0.3 is 10.1 Å². The molecule has 2 nitrogen and oxygen atoms in total. The summed E-state index contributed by atoms with van der Waals surface area (Å²) in [6.07, 6.45) is 5.03. The fourth-order valence-electron chi connectivity index (χ4n) is 2.76. The summed E-state index contributed by atoms with van der Waals surface area (Å²) in [5, 5.41) is 3.63. The number of hydrogen-bond donors (Lipinski definition) is 1. The van der Waals surface area contributed by atoms with E-state index in [2.05, 4.69) is 30.4 Å². The van der Waals surface area contributed by atoms with Gasteiger partial charge in [-0.3, -0.25) is 0 Å². The molecule has 0 aliphatic carbocycles. The Morgan fingerprint density at radius 2 is 2.18 bits per heavy atom. The van der Waals surface area contributed by atoms with Crippen LogP contribution in [0.15, 0.2) is 24.3 Å². The van der Waals surface area contributed by atoms with Crippen molar-refractivity contribution in [3.63, 3.8) is 0 Å². The first kappa shape index (κ1) is 12.4. The summed E-state index contributed by atoms with van der Waals surface area (Å²) >= 11 is 0. The van der Waals surface area contributed by atoms with Crippen molar-refractivity contribution in [2.75, 3.05) is 13.7 Å². The van der Waals surface area contributed by atoms with Gasteiger partial charge in [0.1, 0.15) is 5.75 Å². The highest BCUT2D eigenvalue weighted by atomic mass is 16.5. The lowest BCUT2D eigenvalue weighted by Gasteiger charge is -2.30. The van der Waals surface area contributed by atoms with Crippen LogP contribution in [0.25, 0.3) is 0 Å². The highest BCUT2D eigenvalue weighted by Crippen LogP contribution is 2.25. The second-order valence-electron chi connectivity index (χ2n) is 4.97. The van der Waals surface area contributed by atoms with E-state index in [1.165, 1.54) is 31.4 Å². The third-order valence-corrected chi connectivity index (χ3v) is 3.84. The van der Waals surface area contributed by atoms with Crippen LogP contribution in [0.2, 0.25) is 0 Å². The van der Waals surface area contributed by atoms with Gasteiger partial charge >= 0.3 is 0 Å². The second kappa shape index (κ2) is 6.06. The molecule has 1 aliphatic heterocycles. The summed E-state index contributed by atoms with van der Waals surface area (Å²) < 4.78 is 5.41.